The number of aromatic nitrogens is 4. The number of hydrogen-bond donors (Lipinski definition) is 2. The van der Waals surface area contributed by atoms with Gasteiger partial charge in [0.25, 0.3) is 11.8 Å². The van der Waals surface area contributed by atoms with E-state index >= 15 is 0 Å². The highest BCUT2D eigenvalue weighted by atomic mass is 16.5. The maximum Gasteiger partial charge on any atom is 0.272 e. The smallest absolute Gasteiger partial charge is 0.272 e. The van der Waals surface area contributed by atoms with E-state index in [9.17, 15) is 4.79 Å². The van der Waals surface area contributed by atoms with E-state index in [1.165, 1.54) is 0 Å². The summed E-state index contributed by atoms with van der Waals surface area (Å²) in [5, 5.41) is 13.8. The lowest BCUT2D eigenvalue weighted by atomic mass is 10.1. The highest BCUT2D eigenvalue weighted by Crippen LogP contribution is 2.26. The minimum atomic E-state index is -0.221. The summed E-state index contributed by atoms with van der Waals surface area (Å²) in [6.45, 7) is 2.22. The van der Waals surface area contributed by atoms with Crippen LogP contribution in [0, 0.1) is 0 Å². The van der Waals surface area contributed by atoms with E-state index < -0.39 is 0 Å². The first-order valence-electron chi connectivity index (χ1n) is 8.17. The number of carbonyl (C=O) groups is 1. The zero-order valence-electron chi connectivity index (χ0n) is 13.2. The number of ether oxygens (including phenoxy) is 2. The average Bonchev–Trinajstić information content (AvgIpc) is 3.34. The summed E-state index contributed by atoms with van der Waals surface area (Å²) in [6, 6.07) is 0. The third-order valence-corrected chi connectivity index (χ3v) is 4.23. The van der Waals surface area contributed by atoms with Gasteiger partial charge >= 0.3 is 0 Å². The monoisotopic (exact) mass is 333 g/mol. The van der Waals surface area contributed by atoms with Crippen LogP contribution in [0.15, 0.2) is 4.52 Å². The van der Waals surface area contributed by atoms with Crippen molar-refractivity contribution in [2.24, 2.45) is 0 Å². The maximum absolute atomic E-state index is 12.2. The highest BCUT2D eigenvalue weighted by Gasteiger charge is 2.24. The number of nitrogens with zero attached hydrogens (tertiary/aromatic N) is 3. The first kappa shape index (κ1) is 15.3. The van der Waals surface area contributed by atoms with Gasteiger partial charge < -0.3 is 19.3 Å². The number of rotatable bonds is 5. The predicted octanol–water partition coefficient (Wildman–Crippen LogP) is 0.689. The van der Waals surface area contributed by atoms with Gasteiger partial charge in [-0.1, -0.05) is 5.16 Å². The van der Waals surface area contributed by atoms with Crippen LogP contribution in [0.4, 0.5) is 0 Å². The fraction of sp³-hybridized carbons (Fsp3) is 0.600. The van der Waals surface area contributed by atoms with Crippen LogP contribution in [0.2, 0.25) is 0 Å². The molecule has 1 saturated heterocycles. The van der Waals surface area contributed by atoms with Crippen molar-refractivity contribution in [2.45, 2.75) is 38.4 Å². The Bertz CT molecular complexity index is 719. The number of amides is 1. The number of fused-ring (bicyclic) bond motifs is 1. The Morgan fingerprint density at radius 2 is 2.33 bits per heavy atom. The zero-order chi connectivity index (χ0) is 16.4. The molecule has 0 spiro atoms. The van der Waals surface area contributed by atoms with E-state index in [1.54, 1.807) is 0 Å². The van der Waals surface area contributed by atoms with Gasteiger partial charge in [-0.2, -0.15) is 10.1 Å². The molecule has 2 aromatic heterocycles. The van der Waals surface area contributed by atoms with E-state index in [-0.39, 0.29) is 12.0 Å². The Hall–Kier alpha value is -2.26. The molecule has 0 aromatic carbocycles. The summed E-state index contributed by atoms with van der Waals surface area (Å²) in [6.07, 6.45) is 3.08. The molecule has 2 aromatic rings. The first-order valence-corrected chi connectivity index (χ1v) is 8.17. The Kier molecular flexibility index (Phi) is 4.26. The summed E-state index contributed by atoms with van der Waals surface area (Å²) in [5.74, 6) is 0.862. The van der Waals surface area contributed by atoms with Gasteiger partial charge in [-0.15, -0.1) is 0 Å². The molecule has 4 rings (SSSR count). The van der Waals surface area contributed by atoms with Crippen LogP contribution in [0.3, 0.4) is 0 Å². The lowest BCUT2D eigenvalue weighted by Crippen LogP contribution is -2.27. The van der Waals surface area contributed by atoms with Gasteiger partial charge in [0, 0.05) is 37.3 Å². The third kappa shape index (κ3) is 3.04. The van der Waals surface area contributed by atoms with Crippen LogP contribution >= 0.6 is 0 Å². The third-order valence-electron chi connectivity index (χ3n) is 4.23. The largest absolute Gasteiger partial charge is 0.376 e. The molecule has 2 aliphatic rings. The van der Waals surface area contributed by atoms with Crippen molar-refractivity contribution in [1.29, 1.82) is 0 Å². The van der Waals surface area contributed by atoms with Gasteiger partial charge in [-0.3, -0.25) is 9.89 Å². The molecule has 0 unspecified atom stereocenters. The molecule has 9 heteroatoms. The Balaban J connectivity index is 1.31. The second kappa shape index (κ2) is 6.70. The van der Waals surface area contributed by atoms with Crippen molar-refractivity contribution in [2.75, 3.05) is 19.8 Å². The fourth-order valence-electron chi connectivity index (χ4n) is 2.94. The topological polar surface area (TPSA) is 115 Å². The number of H-pyrrole nitrogens is 1. The number of aromatic amines is 1. The van der Waals surface area contributed by atoms with Gasteiger partial charge in [-0.25, -0.2) is 0 Å². The van der Waals surface area contributed by atoms with E-state index in [0.29, 0.717) is 43.6 Å². The zero-order valence-corrected chi connectivity index (χ0v) is 13.2. The second-order valence-electron chi connectivity index (χ2n) is 5.89. The summed E-state index contributed by atoms with van der Waals surface area (Å²) in [5.41, 5.74) is 2.22. The van der Waals surface area contributed by atoms with Gasteiger partial charge in [-0.05, 0) is 12.8 Å². The Morgan fingerprint density at radius 3 is 3.21 bits per heavy atom. The van der Waals surface area contributed by atoms with Crippen molar-refractivity contribution in [3.63, 3.8) is 0 Å². The van der Waals surface area contributed by atoms with Crippen LogP contribution < -0.4 is 5.32 Å². The van der Waals surface area contributed by atoms with E-state index in [4.69, 9.17) is 14.0 Å². The average molecular weight is 333 g/mol. The molecule has 0 radical (unpaired) electrons. The quantitative estimate of drug-likeness (QED) is 0.827. The van der Waals surface area contributed by atoms with Gasteiger partial charge in [0.2, 0.25) is 0 Å². The molecule has 1 fully saturated rings. The molecule has 24 heavy (non-hydrogen) atoms. The predicted molar refractivity (Wildman–Crippen MR) is 80.2 cm³/mol. The molecule has 1 atom stereocenters. The molecule has 1 amide bonds. The van der Waals surface area contributed by atoms with Gasteiger partial charge in [0.1, 0.15) is 6.10 Å². The van der Waals surface area contributed by atoms with Crippen LogP contribution in [0.1, 0.15) is 52.4 Å². The van der Waals surface area contributed by atoms with Crippen molar-refractivity contribution in [3.8, 4) is 0 Å². The lowest BCUT2D eigenvalue weighted by molar-refractivity contribution is 0.0835. The summed E-state index contributed by atoms with van der Waals surface area (Å²) in [7, 11) is 0. The molecule has 0 saturated carbocycles. The summed E-state index contributed by atoms with van der Waals surface area (Å²) in [4.78, 5) is 16.6. The van der Waals surface area contributed by atoms with E-state index in [2.05, 4.69) is 25.7 Å². The summed E-state index contributed by atoms with van der Waals surface area (Å²) >= 11 is 0. The van der Waals surface area contributed by atoms with Crippen molar-refractivity contribution >= 4 is 5.91 Å². The van der Waals surface area contributed by atoms with Crippen LogP contribution in [0.5, 0.6) is 0 Å². The van der Waals surface area contributed by atoms with Crippen molar-refractivity contribution in [3.05, 3.63) is 28.7 Å². The number of hydrogen-bond acceptors (Lipinski definition) is 7. The molecular formula is C15H19N5O4. The standard InChI is InChI=1S/C15H19N5O4/c21-14(13-9-8-22-7-4-10(9)18-19-13)16-5-3-12-17-15(24-20-12)11-2-1-6-23-11/h11H,1-8H2,(H,16,21)(H,18,19)/t11-/m1/s1. The Labute approximate surface area is 138 Å². The molecule has 2 N–H and O–H groups in total. The SMILES string of the molecule is O=C(NCCc1noc([C@H]2CCCO2)n1)c1n[nH]c2c1COCC2. The van der Waals surface area contributed by atoms with Crippen molar-refractivity contribution < 1.29 is 18.8 Å². The molecular weight excluding hydrogens is 314 g/mol. The Morgan fingerprint density at radius 1 is 1.38 bits per heavy atom. The normalized spacial score (nSPS) is 20.1. The van der Waals surface area contributed by atoms with Crippen molar-refractivity contribution in [1.82, 2.24) is 25.7 Å². The number of carbonyl (C=O) groups excluding carboxylic acids is 1. The number of nitrogens with one attached hydrogen (secondary N) is 2. The van der Waals surface area contributed by atoms with Crippen LogP contribution in [0.25, 0.3) is 0 Å². The minimum Gasteiger partial charge on any atom is -0.376 e. The minimum absolute atomic E-state index is 0.0866. The second-order valence-corrected chi connectivity index (χ2v) is 5.89. The molecule has 128 valence electrons. The van der Waals surface area contributed by atoms with Gasteiger partial charge in [0.05, 0.1) is 13.2 Å². The van der Waals surface area contributed by atoms with Gasteiger partial charge in [0.15, 0.2) is 11.5 Å². The van der Waals surface area contributed by atoms with E-state index in [0.717, 1.165) is 37.1 Å². The molecule has 0 bridgehead atoms. The fourth-order valence-corrected chi connectivity index (χ4v) is 2.94. The lowest BCUT2D eigenvalue weighted by Gasteiger charge is -2.12. The van der Waals surface area contributed by atoms with Crippen LogP contribution in [-0.4, -0.2) is 46.0 Å². The first-order chi connectivity index (χ1) is 11.8. The molecule has 4 heterocycles. The van der Waals surface area contributed by atoms with E-state index in [1.807, 2.05) is 0 Å². The highest BCUT2D eigenvalue weighted by molar-refractivity contribution is 5.93. The molecule has 2 aliphatic heterocycles. The maximum atomic E-state index is 12.2. The molecule has 9 nitrogen and oxygen atoms in total. The van der Waals surface area contributed by atoms with Crippen LogP contribution in [-0.2, 0) is 28.9 Å². The molecule has 0 aliphatic carbocycles. The summed E-state index contributed by atoms with van der Waals surface area (Å²) < 4.78 is 16.1.